The molecule has 0 aliphatic carbocycles. The molecule has 0 aromatic carbocycles. The molecule has 1 rings (SSSR count). The highest BCUT2D eigenvalue weighted by molar-refractivity contribution is 5.69. The number of aliphatic carboxylic acids is 1. The molecule has 0 fully saturated rings. The Labute approximate surface area is 106 Å². The summed E-state index contributed by atoms with van der Waals surface area (Å²) in [4.78, 5) is 12.4. The summed E-state index contributed by atoms with van der Waals surface area (Å²) in [6.45, 7) is 2.41. The van der Waals surface area contributed by atoms with Gasteiger partial charge in [0.15, 0.2) is 0 Å². The number of nitrogens with zero attached hydrogens (tertiary/aromatic N) is 3. The van der Waals surface area contributed by atoms with E-state index < -0.39 is 5.97 Å². The molecular formula is C12H17N3O3. The lowest BCUT2D eigenvalue weighted by Crippen LogP contribution is -2.30. The number of carbonyl (C=O) groups is 1. The molecular weight excluding hydrogens is 234 g/mol. The molecule has 0 aliphatic rings. The zero-order chi connectivity index (χ0) is 13.7. The quantitative estimate of drug-likeness (QED) is 0.734. The Hall–Kier alpha value is -2.00. The fourth-order valence-electron chi connectivity index (χ4n) is 1.83. The Balaban J connectivity index is 2.93. The first-order chi connectivity index (χ1) is 8.49. The highest BCUT2D eigenvalue weighted by atomic mass is 16.5. The van der Waals surface area contributed by atoms with Crippen molar-refractivity contribution in [2.45, 2.75) is 13.5 Å². The maximum atomic E-state index is 10.8. The van der Waals surface area contributed by atoms with Gasteiger partial charge in [0.1, 0.15) is 0 Å². The van der Waals surface area contributed by atoms with Gasteiger partial charge in [0.05, 0.1) is 31.5 Å². The van der Waals surface area contributed by atoms with Crippen LogP contribution in [0.4, 0.5) is 0 Å². The molecule has 0 spiro atoms. The van der Waals surface area contributed by atoms with Gasteiger partial charge in [0, 0.05) is 13.6 Å². The number of carboxylic acids is 1. The van der Waals surface area contributed by atoms with Crippen LogP contribution < -0.4 is 4.74 Å². The molecule has 0 amide bonds. The monoisotopic (exact) mass is 251 g/mol. The van der Waals surface area contributed by atoms with Crippen molar-refractivity contribution in [3.63, 3.8) is 0 Å². The average molecular weight is 251 g/mol. The number of methoxy groups -OCH3 is 1. The average Bonchev–Trinajstić information content (AvgIpc) is 2.53. The number of hydrogen-bond acceptors (Lipinski definition) is 4. The second-order valence-electron chi connectivity index (χ2n) is 3.94. The van der Waals surface area contributed by atoms with Gasteiger partial charge >= 0.3 is 5.97 Å². The Bertz CT molecular complexity index is 474. The second-order valence-corrected chi connectivity index (χ2v) is 3.94. The summed E-state index contributed by atoms with van der Waals surface area (Å²) in [5.74, 6) is 2.17. The number of carboxylic acid groups (broad SMARTS) is 1. The lowest BCUT2D eigenvalue weighted by atomic mass is 10.2. The molecule has 6 heteroatoms. The molecule has 0 saturated heterocycles. The molecule has 0 unspecified atom stereocenters. The summed E-state index contributed by atoms with van der Waals surface area (Å²) in [7, 11) is 3.33. The third-order valence-electron chi connectivity index (χ3n) is 2.54. The van der Waals surface area contributed by atoms with Crippen LogP contribution in [0.5, 0.6) is 5.88 Å². The minimum Gasteiger partial charge on any atom is -0.481 e. The molecule has 98 valence electrons. The normalized spacial score (nSPS) is 10.4. The first kappa shape index (κ1) is 14.1. The smallest absolute Gasteiger partial charge is 0.317 e. The molecule has 1 heterocycles. The number of aromatic nitrogens is 2. The van der Waals surface area contributed by atoms with Crippen LogP contribution in [-0.2, 0) is 18.4 Å². The maximum Gasteiger partial charge on any atom is 0.317 e. The van der Waals surface area contributed by atoms with Crippen molar-refractivity contribution in [3.05, 3.63) is 11.3 Å². The van der Waals surface area contributed by atoms with Crippen molar-refractivity contribution in [3.8, 4) is 18.2 Å². The van der Waals surface area contributed by atoms with Gasteiger partial charge in [0.25, 0.3) is 0 Å². The van der Waals surface area contributed by atoms with Crippen LogP contribution in [0, 0.1) is 19.3 Å². The lowest BCUT2D eigenvalue weighted by molar-refractivity contribution is -0.138. The van der Waals surface area contributed by atoms with Gasteiger partial charge in [-0.25, -0.2) is 4.68 Å². The SMILES string of the molecule is C#CCN(CC(=O)O)Cc1c(C)nn(C)c1OC. The highest BCUT2D eigenvalue weighted by Crippen LogP contribution is 2.22. The molecule has 0 aliphatic heterocycles. The third-order valence-corrected chi connectivity index (χ3v) is 2.54. The number of ether oxygens (including phenoxy) is 1. The van der Waals surface area contributed by atoms with Crippen LogP contribution in [0.25, 0.3) is 0 Å². The first-order valence-corrected chi connectivity index (χ1v) is 5.43. The van der Waals surface area contributed by atoms with Crippen molar-refractivity contribution >= 4 is 5.97 Å². The maximum absolute atomic E-state index is 10.8. The van der Waals surface area contributed by atoms with Gasteiger partial charge in [0.2, 0.25) is 5.88 Å². The van der Waals surface area contributed by atoms with E-state index in [1.807, 2.05) is 6.92 Å². The third kappa shape index (κ3) is 3.25. The summed E-state index contributed by atoms with van der Waals surface area (Å²) in [6.07, 6.45) is 5.24. The van der Waals surface area contributed by atoms with E-state index in [4.69, 9.17) is 16.3 Å². The molecule has 1 aromatic rings. The van der Waals surface area contributed by atoms with E-state index in [1.165, 1.54) is 0 Å². The Morgan fingerprint density at radius 1 is 1.67 bits per heavy atom. The Morgan fingerprint density at radius 3 is 2.83 bits per heavy atom. The summed E-state index contributed by atoms with van der Waals surface area (Å²) < 4.78 is 6.88. The van der Waals surface area contributed by atoms with Crippen molar-refractivity contribution < 1.29 is 14.6 Å². The summed E-state index contributed by atoms with van der Waals surface area (Å²) in [5, 5.41) is 13.1. The van der Waals surface area contributed by atoms with Crippen LogP contribution >= 0.6 is 0 Å². The zero-order valence-electron chi connectivity index (χ0n) is 10.8. The largest absolute Gasteiger partial charge is 0.481 e. The van der Waals surface area contributed by atoms with Crippen molar-refractivity contribution in [1.29, 1.82) is 0 Å². The second kappa shape index (κ2) is 6.07. The van der Waals surface area contributed by atoms with Crippen molar-refractivity contribution in [1.82, 2.24) is 14.7 Å². The fourth-order valence-corrected chi connectivity index (χ4v) is 1.83. The van der Waals surface area contributed by atoms with Gasteiger partial charge in [-0.1, -0.05) is 5.92 Å². The predicted octanol–water partition coefficient (Wildman–Crippen LogP) is 0.257. The molecule has 0 bridgehead atoms. The molecule has 0 saturated carbocycles. The standard InChI is InChI=1S/C12H17N3O3/c1-5-6-15(8-11(16)17)7-10-9(2)13-14(3)12(10)18-4/h1H,6-8H2,2-4H3,(H,16,17). The topological polar surface area (TPSA) is 67.6 Å². The Morgan fingerprint density at radius 2 is 2.33 bits per heavy atom. The highest BCUT2D eigenvalue weighted by Gasteiger charge is 2.18. The van der Waals surface area contributed by atoms with Crippen LogP contribution in [0.3, 0.4) is 0 Å². The predicted molar refractivity (Wildman–Crippen MR) is 66.2 cm³/mol. The number of hydrogen-bond donors (Lipinski definition) is 1. The van der Waals surface area contributed by atoms with Crippen LogP contribution in [0.15, 0.2) is 0 Å². The summed E-state index contributed by atoms with van der Waals surface area (Å²) >= 11 is 0. The number of terminal acetylenes is 1. The minimum absolute atomic E-state index is 0.109. The van der Waals surface area contributed by atoms with Crippen LogP contribution in [0.2, 0.25) is 0 Å². The summed E-state index contributed by atoms with van der Waals surface area (Å²) in [5.41, 5.74) is 1.67. The summed E-state index contributed by atoms with van der Waals surface area (Å²) in [6, 6.07) is 0. The van der Waals surface area contributed by atoms with Crippen LogP contribution in [0.1, 0.15) is 11.3 Å². The van der Waals surface area contributed by atoms with Crippen LogP contribution in [-0.4, -0.2) is 46.0 Å². The van der Waals surface area contributed by atoms with Gasteiger partial charge in [-0.15, -0.1) is 6.42 Å². The molecule has 1 N–H and O–H groups in total. The molecule has 6 nitrogen and oxygen atoms in total. The van der Waals surface area contributed by atoms with Gasteiger partial charge in [-0.3, -0.25) is 9.69 Å². The zero-order valence-corrected chi connectivity index (χ0v) is 10.8. The minimum atomic E-state index is -0.911. The fraction of sp³-hybridized carbons (Fsp3) is 0.500. The van der Waals surface area contributed by atoms with Gasteiger partial charge < -0.3 is 9.84 Å². The van der Waals surface area contributed by atoms with Gasteiger partial charge in [-0.2, -0.15) is 5.10 Å². The Kier molecular flexibility index (Phi) is 4.75. The van der Waals surface area contributed by atoms with E-state index in [1.54, 1.807) is 23.7 Å². The van der Waals surface area contributed by atoms with E-state index in [0.29, 0.717) is 12.4 Å². The lowest BCUT2D eigenvalue weighted by Gasteiger charge is -2.17. The van der Waals surface area contributed by atoms with Crippen molar-refractivity contribution in [2.24, 2.45) is 7.05 Å². The number of aryl methyl sites for hydroxylation is 2. The first-order valence-electron chi connectivity index (χ1n) is 5.43. The molecule has 0 atom stereocenters. The van der Waals surface area contributed by atoms with Crippen molar-refractivity contribution in [2.75, 3.05) is 20.2 Å². The van der Waals surface area contributed by atoms with E-state index in [0.717, 1.165) is 11.3 Å². The number of rotatable bonds is 6. The van der Waals surface area contributed by atoms with E-state index in [-0.39, 0.29) is 13.1 Å². The van der Waals surface area contributed by atoms with E-state index in [9.17, 15) is 4.79 Å². The van der Waals surface area contributed by atoms with E-state index in [2.05, 4.69) is 11.0 Å². The molecule has 1 aromatic heterocycles. The molecule has 18 heavy (non-hydrogen) atoms. The van der Waals surface area contributed by atoms with Gasteiger partial charge in [-0.05, 0) is 6.92 Å². The molecule has 0 radical (unpaired) electrons. The van der Waals surface area contributed by atoms with E-state index >= 15 is 0 Å².